The number of primary amides is 1. The number of hydrogen-bond acceptors (Lipinski definition) is 3. The van der Waals surface area contributed by atoms with Crippen molar-refractivity contribution in [2.45, 2.75) is 13.0 Å². The fraction of sp³-hybridized carbons (Fsp3) is 0.300. The van der Waals surface area contributed by atoms with Crippen LogP contribution in [0.5, 0.6) is 0 Å². The van der Waals surface area contributed by atoms with E-state index in [4.69, 9.17) is 23.1 Å². The Morgan fingerprint density at radius 3 is 2.87 bits per heavy atom. The predicted octanol–water partition coefficient (Wildman–Crippen LogP) is 0.873. The highest BCUT2D eigenvalue weighted by molar-refractivity contribution is 6.31. The normalized spacial score (nSPS) is 12.2. The maximum Gasteiger partial charge on any atom is 0.236 e. The van der Waals surface area contributed by atoms with Gasteiger partial charge in [-0.3, -0.25) is 4.79 Å². The first-order valence-electron chi connectivity index (χ1n) is 4.56. The zero-order valence-corrected chi connectivity index (χ0v) is 9.21. The number of rotatable bonds is 4. The van der Waals surface area contributed by atoms with Gasteiger partial charge in [0, 0.05) is 17.3 Å². The first kappa shape index (κ1) is 11.8. The molecule has 0 aromatic heterocycles. The smallest absolute Gasteiger partial charge is 0.236 e. The molecule has 0 aliphatic rings. The number of nitrogens with two attached hydrogens (primary N) is 2. The summed E-state index contributed by atoms with van der Waals surface area (Å²) in [6, 6.07) is 4.81. The van der Waals surface area contributed by atoms with Crippen molar-refractivity contribution in [2.24, 2.45) is 11.5 Å². The fourth-order valence-electron chi connectivity index (χ4n) is 1.12. The third-order valence-corrected chi connectivity index (χ3v) is 2.56. The summed E-state index contributed by atoms with van der Waals surface area (Å²) in [5.74, 6) is -0.526. The van der Waals surface area contributed by atoms with Crippen molar-refractivity contribution < 1.29 is 4.79 Å². The quantitative estimate of drug-likeness (QED) is 0.714. The largest absolute Gasteiger partial charge is 0.383 e. The minimum atomic E-state index is -0.691. The Morgan fingerprint density at radius 2 is 2.27 bits per heavy atom. The molecule has 0 saturated carbocycles. The summed E-state index contributed by atoms with van der Waals surface area (Å²) in [6.07, 6.45) is 0. The van der Waals surface area contributed by atoms with E-state index in [2.05, 4.69) is 5.32 Å². The van der Waals surface area contributed by atoms with Crippen molar-refractivity contribution in [3.05, 3.63) is 28.8 Å². The number of nitrogens with one attached hydrogen (secondary N) is 1. The highest BCUT2D eigenvalue weighted by atomic mass is 35.5. The van der Waals surface area contributed by atoms with Gasteiger partial charge in [0.15, 0.2) is 0 Å². The van der Waals surface area contributed by atoms with Gasteiger partial charge in [-0.2, -0.15) is 0 Å². The van der Waals surface area contributed by atoms with E-state index in [1.165, 1.54) is 0 Å². The molecule has 82 valence electrons. The zero-order chi connectivity index (χ0) is 11.4. The number of carbonyl (C=O) groups is 1. The summed E-state index contributed by atoms with van der Waals surface area (Å²) in [5, 5.41) is 3.70. The Labute approximate surface area is 93.6 Å². The molecule has 15 heavy (non-hydrogen) atoms. The number of carbonyl (C=O) groups excluding carboxylic acids is 1. The second kappa shape index (κ2) is 5.00. The summed E-state index contributed by atoms with van der Waals surface area (Å²) < 4.78 is 0. The lowest BCUT2D eigenvalue weighted by atomic mass is 10.2. The van der Waals surface area contributed by atoms with E-state index in [-0.39, 0.29) is 0 Å². The first-order chi connectivity index (χ1) is 7.02. The van der Waals surface area contributed by atoms with Crippen LogP contribution in [0.4, 0.5) is 5.69 Å². The second-order valence-electron chi connectivity index (χ2n) is 3.30. The standard InChI is InChI=1S/C10H14ClN3O/c1-6-7(11)3-2-4-9(6)14-5-8(12)10(13)15/h2-4,8,14H,5,12H2,1H3,(H2,13,15). The van der Waals surface area contributed by atoms with Crippen LogP contribution in [0, 0.1) is 6.92 Å². The highest BCUT2D eigenvalue weighted by Gasteiger charge is 2.09. The van der Waals surface area contributed by atoms with Gasteiger partial charge in [0.1, 0.15) is 6.04 Å². The number of hydrogen-bond donors (Lipinski definition) is 3. The number of amides is 1. The van der Waals surface area contributed by atoms with Gasteiger partial charge < -0.3 is 16.8 Å². The monoisotopic (exact) mass is 227 g/mol. The van der Waals surface area contributed by atoms with Crippen LogP contribution in [0.3, 0.4) is 0 Å². The van der Waals surface area contributed by atoms with Crippen LogP contribution in [0.15, 0.2) is 18.2 Å². The van der Waals surface area contributed by atoms with Crippen molar-refractivity contribution in [1.82, 2.24) is 0 Å². The number of halogens is 1. The molecule has 0 bridgehead atoms. The molecule has 0 spiro atoms. The maximum absolute atomic E-state index is 10.7. The molecule has 0 saturated heterocycles. The van der Waals surface area contributed by atoms with Gasteiger partial charge in [0.05, 0.1) is 0 Å². The second-order valence-corrected chi connectivity index (χ2v) is 3.71. The molecular formula is C10H14ClN3O. The Kier molecular flexibility index (Phi) is 3.94. The first-order valence-corrected chi connectivity index (χ1v) is 4.94. The van der Waals surface area contributed by atoms with Gasteiger partial charge in [-0.1, -0.05) is 17.7 Å². The lowest BCUT2D eigenvalue weighted by Crippen LogP contribution is -2.41. The van der Waals surface area contributed by atoms with Gasteiger partial charge in [-0.25, -0.2) is 0 Å². The highest BCUT2D eigenvalue weighted by Crippen LogP contribution is 2.22. The van der Waals surface area contributed by atoms with Crippen molar-refractivity contribution in [2.75, 3.05) is 11.9 Å². The maximum atomic E-state index is 10.7. The van der Waals surface area contributed by atoms with Gasteiger partial charge in [0.2, 0.25) is 5.91 Å². The van der Waals surface area contributed by atoms with Crippen LogP contribution in [0.1, 0.15) is 5.56 Å². The molecule has 5 heteroatoms. The molecule has 1 amide bonds. The summed E-state index contributed by atoms with van der Waals surface area (Å²) in [6.45, 7) is 2.19. The van der Waals surface area contributed by atoms with E-state index in [0.29, 0.717) is 11.6 Å². The molecule has 4 nitrogen and oxygen atoms in total. The average Bonchev–Trinajstić information content (AvgIpc) is 2.19. The van der Waals surface area contributed by atoms with Crippen molar-refractivity contribution in [3.8, 4) is 0 Å². The lowest BCUT2D eigenvalue weighted by Gasteiger charge is -2.13. The molecule has 1 rings (SSSR count). The topological polar surface area (TPSA) is 81.1 Å². The number of anilines is 1. The SMILES string of the molecule is Cc1c(Cl)cccc1NCC(N)C(N)=O. The minimum absolute atomic E-state index is 0.302. The van der Waals surface area contributed by atoms with Crippen molar-refractivity contribution >= 4 is 23.2 Å². The minimum Gasteiger partial charge on any atom is -0.383 e. The van der Waals surface area contributed by atoms with Crippen LogP contribution >= 0.6 is 11.6 Å². The Balaban J connectivity index is 2.66. The van der Waals surface area contributed by atoms with E-state index in [1.54, 1.807) is 6.07 Å². The van der Waals surface area contributed by atoms with Crippen LogP contribution in [-0.4, -0.2) is 18.5 Å². The summed E-state index contributed by atoms with van der Waals surface area (Å²) in [4.78, 5) is 10.7. The van der Waals surface area contributed by atoms with Crippen LogP contribution in [0.2, 0.25) is 5.02 Å². The van der Waals surface area contributed by atoms with Crippen LogP contribution in [0.25, 0.3) is 0 Å². The summed E-state index contributed by atoms with van der Waals surface area (Å²) in [7, 11) is 0. The summed E-state index contributed by atoms with van der Waals surface area (Å²) >= 11 is 5.93. The Bertz CT molecular complexity index is 368. The van der Waals surface area contributed by atoms with E-state index in [0.717, 1.165) is 11.3 Å². The molecule has 5 N–H and O–H groups in total. The third kappa shape index (κ3) is 3.11. The molecule has 0 radical (unpaired) electrons. The summed E-state index contributed by atoms with van der Waals surface area (Å²) in [5.41, 5.74) is 12.3. The number of benzene rings is 1. The molecule has 1 unspecified atom stereocenters. The van der Waals surface area contributed by atoms with Gasteiger partial charge in [-0.05, 0) is 24.6 Å². The van der Waals surface area contributed by atoms with Gasteiger partial charge in [0.25, 0.3) is 0 Å². The van der Waals surface area contributed by atoms with E-state index >= 15 is 0 Å². The van der Waals surface area contributed by atoms with Crippen molar-refractivity contribution in [3.63, 3.8) is 0 Å². The van der Waals surface area contributed by atoms with Crippen LogP contribution in [-0.2, 0) is 4.79 Å². The average molecular weight is 228 g/mol. The van der Waals surface area contributed by atoms with Crippen molar-refractivity contribution in [1.29, 1.82) is 0 Å². The van der Waals surface area contributed by atoms with Gasteiger partial charge >= 0.3 is 0 Å². The molecule has 0 aliphatic heterocycles. The molecule has 1 aromatic rings. The fourth-order valence-corrected chi connectivity index (χ4v) is 1.29. The molecular weight excluding hydrogens is 214 g/mol. The Morgan fingerprint density at radius 1 is 1.60 bits per heavy atom. The molecule has 0 heterocycles. The van der Waals surface area contributed by atoms with E-state index in [1.807, 2.05) is 19.1 Å². The molecule has 1 atom stereocenters. The van der Waals surface area contributed by atoms with Crippen LogP contribution < -0.4 is 16.8 Å². The molecule has 0 aliphatic carbocycles. The Hall–Kier alpha value is -1.26. The molecule has 0 fully saturated rings. The lowest BCUT2D eigenvalue weighted by molar-refractivity contribution is -0.118. The van der Waals surface area contributed by atoms with E-state index < -0.39 is 11.9 Å². The van der Waals surface area contributed by atoms with Gasteiger partial charge in [-0.15, -0.1) is 0 Å². The third-order valence-electron chi connectivity index (χ3n) is 2.15. The molecule has 1 aromatic carbocycles. The zero-order valence-electron chi connectivity index (χ0n) is 8.46. The predicted molar refractivity (Wildman–Crippen MR) is 61.8 cm³/mol. The van der Waals surface area contributed by atoms with E-state index in [9.17, 15) is 4.79 Å².